The zero-order valence-corrected chi connectivity index (χ0v) is 14.3. The van der Waals surface area contributed by atoms with Gasteiger partial charge in [0, 0.05) is 23.5 Å². The minimum Gasteiger partial charge on any atom is -0.350 e. The van der Waals surface area contributed by atoms with Gasteiger partial charge in [0.15, 0.2) is 5.65 Å². The summed E-state index contributed by atoms with van der Waals surface area (Å²) in [4.78, 5) is 23.9. The molecule has 1 aromatic carbocycles. The number of carbonyl (C=O) groups excluding carboxylic acids is 1. The van der Waals surface area contributed by atoms with Crippen molar-refractivity contribution in [3.8, 4) is 0 Å². The summed E-state index contributed by atoms with van der Waals surface area (Å²) < 4.78 is 0.898. The highest BCUT2D eigenvalue weighted by molar-refractivity contribution is 9.10. The van der Waals surface area contributed by atoms with Crippen LogP contribution >= 0.6 is 15.9 Å². The number of rotatable bonds is 5. The Morgan fingerprint density at radius 2 is 2.13 bits per heavy atom. The lowest BCUT2D eigenvalue weighted by Crippen LogP contribution is -2.26. The maximum absolute atomic E-state index is 12.1. The van der Waals surface area contributed by atoms with E-state index < -0.39 is 0 Å². The van der Waals surface area contributed by atoms with E-state index in [0.717, 1.165) is 21.4 Å². The molecule has 0 spiro atoms. The Kier molecular flexibility index (Phi) is 4.71. The second-order valence-electron chi connectivity index (χ2n) is 5.41. The first-order chi connectivity index (χ1) is 11.1. The molecule has 2 N–H and O–H groups in total. The molecule has 0 aliphatic rings. The van der Waals surface area contributed by atoms with E-state index in [9.17, 15) is 4.79 Å². The minimum absolute atomic E-state index is 0.00278. The number of carbonyl (C=O) groups is 1. The van der Waals surface area contributed by atoms with Gasteiger partial charge in [-0.1, -0.05) is 30.3 Å². The molecule has 1 amide bonds. The highest BCUT2D eigenvalue weighted by Gasteiger charge is 2.11. The fourth-order valence-electron chi connectivity index (χ4n) is 2.41. The number of halogens is 1. The average molecular weight is 373 g/mol. The van der Waals surface area contributed by atoms with Crippen molar-refractivity contribution in [2.45, 2.75) is 25.8 Å². The predicted molar refractivity (Wildman–Crippen MR) is 92.9 cm³/mol. The van der Waals surface area contributed by atoms with Gasteiger partial charge in [-0.3, -0.25) is 4.79 Å². The third kappa shape index (κ3) is 3.96. The van der Waals surface area contributed by atoms with Gasteiger partial charge in [-0.25, -0.2) is 9.97 Å². The molecule has 0 unspecified atom stereocenters. The van der Waals surface area contributed by atoms with Crippen molar-refractivity contribution in [1.82, 2.24) is 20.3 Å². The first-order valence-electron chi connectivity index (χ1n) is 7.46. The number of aromatic amines is 1. The van der Waals surface area contributed by atoms with E-state index in [1.54, 1.807) is 6.20 Å². The first kappa shape index (κ1) is 15.7. The third-order valence-electron chi connectivity index (χ3n) is 3.62. The van der Waals surface area contributed by atoms with Crippen LogP contribution in [0.3, 0.4) is 0 Å². The zero-order valence-electron chi connectivity index (χ0n) is 12.7. The lowest BCUT2D eigenvalue weighted by molar-refractivity contribution is -0.121. The molecule has 3 rings (SSSR count). The lowest BCUT2D eigenvalue weighted by Gasteiger charge is -2.13. The lowest BCUT2D eigenvalue weighted by atomic mass is 10.1. The Morgan fingerprint density at radius 3 is 2.91 bits per heavy atom. The Bertz CT molecular complexity index is 816. The van der Waals surface area contributed by atoms with E-state index in [1.807, 2.05) is 43.3 Å². The molecule has 3 aromatic rings. The van der Waals surface area contributed by atoms with Crippen LogP contribution in [0, 0.1) is 0 Å². The molecule has 0 radical (unpaired) electrons. The Labute approximate surface area is 142 Å². The summed E-state index contributed by atoms with van der Waals surface area (Å²) in [5, 5.41) is 3.01. The van der Waals surface area contributed by atoms with E-state index in [4.69, 9.17) is 0 Å². The van der Waals surface area contributed by atoms with Crippen LogP contribution in [0.15, 0.2) is 47.1 Å². The van der Waals surface area contributed by atoms with Gasteiger partial charge in [0.2, 0.25) is 5.91 Å². The Hall–Kier alpha value is -2.21. The van der Waals surface area contributed by atoms with E-state index in [2.05, 4.69) is 36.2 Å². The monoisotopic (exact) mass is 372 g/mol. The summed E-state index contributed by atoms with van der Waals surface area (Å²) in [5.74, 6) is 0.782. The van der Waals surface area contributed by atoms with Crippen LogP contribution in [0.25, 0.3) is 11.2 Å². The van der Waals surface area contributed by atoms with Crippen LogP contribution in [-0.2, 0) is 11.2 Å². The van der Waals surface area contributed by atoms with Gasteiger partial charge in [0.1, 0.15) is 5.82 Å². The van der Waals surface area contributed by atoms with Crippen LogP contribution in [0.2, 0.25) is 0 Å². The fourth-order valence-corrected chi connectivity index (χ4v) is 2.74. The zero-order chi connectivity index (χ0) is 16.2. The molecule has 0 saturated heterocycles. The summed E-state index contributed by atoms with van der Waals surface area (Å²) in [7, 11) is 0. The second-order valence-corrected chi connectivity index (χ2v) is 6.32. The van der Waals surface area contributed by atoms with Crippen LogP contribution in [0.1, 0.15) is 30.8 Å². The quantitative estimate of drug-likeness (QED) is 0.719. The van der Waals surface area contributed by atoms with Gasteiger partial charge >= 0.3 is 0 Å². The number of nitrogens with zero attached hydrogens (tertiary/aromatic N) is 2. The van der Waals surface area contributed by atoms with Gasteiger partial charge in [0.25, 0.3) is 0 Å². The van der Waals surface area contributed by atoms with E-state index in [1.165, 1.54) is 0 Å². The Morgan fingerprint density at radius 1 is 1.35 bits per heavy atom. The standard InChI is InChI=1S/C17H17BrN4O/c1-11(12-5-3-2-4-6-12)20-16(23)8-7-15-21-14-9-13(18)10-19-17(14)22-15/h2-6,9-11H,7-8H2,1H3,(H,20,23)(H,19,21,22)/t11-/m0/s1. The van der Waals surface area contributed by atoms with E-state index >= 15 is 0 Å². The van der Waals surface area contributed by atoms with E-state index in [0.29, 0.717) is 18.5 Å². The molecule has 2 aromatic heterocycles. The molecule has 118 valence electrons. The smallest absolute Gasteiger partial charge is 0.220 e. The highest BCUT2D eigenvalue weighted by Crippen LogP contribution is 2.16. The molecule has 0 aliphatic carbocycles. The topological polar surface area (TPSA) is 70.7 Å². The molecule has 5 nitrogen and oxygen atoms in total. The van der Waals surface area contributed by atoms with Crippen LogP contribution < -0.4 is 5.32 Å². The van der Waals surface area contributed by atoms with Gasteiger partial charge in [-0.05, 0) is 34.5 Å². The van der Waals surface area contributed by atoms with Crippen molar-refractivity contribution in [1.29, 1.82) is 0 Å². The number of imidazole rings is 1. The molecular formula is C17H17BrN4O. The van der Waals surface area contributed by atoms with Crippen molar-refractivity contribution in [2.75, 3.05) is 0 Å². The van der Waals surface area contributed by atoms with E-state index in [-0.39, 0.29) is 11.9 Å². The van der Waals surface area contributed by atoms with Crippen molar-refractivity contribution >= 4 is 33.0 Å². The number of H-pyrrole nitrogens is 1. The first-order valence-corrected chi connectivity index (χ1v) is 8.25. The summed E-state index contributed by atoms with van der Waals surface area (Å²) in [6.45, 7) is 1.98. The molecule has 0 bridgehead atoms. The summed E-state index contributed by atoms with van der Waals surface area (Å²) >= 11 is 3.38. The summed E-state index contributed by atoms with van der Waals surface area (Å²) in [5.41, 5.74) is 2.63. The number of hydrogen-bond acceptors (Lipinski definition) is 3. The highest BCUT2D eigenvalue weighted by atomic mass is 79.9. The molecule has 0 aliphatic heterocycles. The molecule has 23 heavy (non-hydrogen) atoms. The van der Waals surface area contributed by atoms with Crippen LogP contribution in [0.5, 0.6) is 0 Å². The van der Waals surface area contributed by atoms with Gasteiger partial charge in [-0.15, -0.1) is 0 Å². The predicted octanol–water partition coefficient (Wildman–Crippen LogP) is 3.53. The van der Waals surface area contributed by atoms with Gasteiger partial charge in [0.05, 0.1) is 11.6 Å². The number of fused-ring (bicyclic) bond motifs is 1. The molecule has 0 saturated carbocycles. The molecular weight excluding hydrogens is 356 g/mol. The van der Waals surface area contributed by atoms with Crippen molar-refractivity contribution in [3.05, 3.63) is 58.5 Å². The summed E-state index contributed by atoms with van der Waals surface area (Å²) in [6.07, 6.45) is 2.65. The maximum Gasteiger partial charge on any atom is 0.220 e. The van der Waals surface area contributed by atoms with Gasteiger partial charge < -0.3 is 10.3 Å². The number of benzene rings is 1. The van der Waals surface area contributed by atoms with Crippen molar-refractivity contribution in [2.24, 2.45) is 0 Å². The second kappa shape index (κ2) is 6.91. The van der Waals surface area contributed by atoms with Gasteiger partial charge in [-0.2, -0.15) is 0 Å². The van der Waals surface area contributed by atoms with Crippen molar-refractivity contribution < 1.29 is 4.79 Å². The summed E-state index contributed by atoms with van der Waals surface area (Å²) in [6, 6.07) is 11.8. The van der Waals surface area contributed by atoms with Crippen LogP contribution in [-0.4, -0.2) is 20.9 Å². The molecule has 0 fully saturated rings. The number of amides is 1. The molecule has 2 heterocycles. The number of aryl methyl sites for hydroxylation is 1. The number of nitrogens with one attached hydrogen (secondary N) is 2. The minimum atomic E-state index is -0.00278. The fraction of sp³-hybridized carbons (Fsp3) is 0.235. The average Bonchev–Trinajstić information content (AvgIpc) is 2.95. The molecule has 6 heteroatoms. The number of pyridine rings is 1. The Balaban J connectivity index is 1.57. The third-order valence-corrected chi connectivity index (χ3v) is 4.05. The van der Waals surface area contributed by atoms with Crippen LogP contribution in [0.4, 0.5) is 0 Å². The van der Waals surface area contributed by atoms with Crippen molar-refractivity contribution in [3.63, 3.8) is 0 Å². The maximum atomic E-state index is 12.1. The number of hydrogen-bond donors (Lipinski definition) is 2. The normalized spacial score (nSPS) is 12.3. The molecule has 1 atom stereocenters. The SMILES string of the molecule is C[C@H](NC(=O)CCc1nc2ncc(Br)cc2[nH]1)c1ccccc1. The largest absolute Gasteiger partial charge is 0.350 e. The number of aromatic nitrogens is 3.